The van der Waals surface area contributed by atoms with Crippen LogP contribution in [-0.2, 0) is 20.9 Å². The first-order valence-corrected chi connectivity index (χ1v) is 6.94. The molecule has 0 unspecified atom stereocenters. The molecule has 1 aromatic rings. The summed E-state index contributed by atoms with van der Waals surface area (Å²) in [6, 6.07) is 8.38. The molecule has 1 aliphatic rings. The molecule has 1 fully saturated rings. The number of rotatable bonds is 4. The van der Waals surface area contributed by atoms with Crippen molar-refractivity contribution in [2.75, 3.05) is 7.11 Å². The molecule has 0 radical (unpaired) electrons. The van der Waals surface area contributed by atoms with E-state index < -0.39 is 36.2 Å². The van der Waals surface area contributed by atoms with Gasteiger partial charge in [0.15, 0.2) is 0 Å². The normalized spacial score (nSPS) is 27.2. The Bertz CT molecular complexity index is 520. The molecule has 1 saturated carbocycles. The van der Waals surface area contributed by atoms with Gasteiger partial charge >= 0.3 is 12.1 Å². The van der Waals surface area contributed by atoms with E-state index in [2.05, 4.69) is 10.1 Å². The fourth-order valence-electron chi connectivity index (χ4n) is 2.48. The predicted octanol–water partition coefficient (Wildman–Crippen LogP) is 0.196. The van der Waals surface area contributed by atoms with Crippen molar-refractivity contribution in [3.8, 4) is 0 Å². The Morgan fingerprint density at radius 1 is 1.23 bits per heavy atom. The minimum absolute atomic E-state index is 0.0927. The van der Waals surface area contributed by atoms with Gasteiger partial charge in [0.05, 0.1) is 25.2 Å². The van der Waals surface area contributed by atoms with Crippen LogP contribution in [-0.4, -0.2) is 47.6 Å². The molecule has 3 N–H and O–H groups in total. The van der Waals surface area contributed by atoms with Crippen LogP contribution < -0.4 is 5.32 Å². The van der Waals surface area contributed by atoms with E-state index in [9.17, 15) is 19.8 Å². The minimum atomic E-state index is -1.27. The number of alkyl carbamates (subject to hydrolysis) is 1. The van der Waals surface area contributed by atoms with Crippen LogP contribution in [0, 0.1) is 5.92 Å². The van der Waals surface area contributed by atoms with E-state index in [0.717, 1.165) is 5.56 Å². The molecule has 0 heterocycles. The van der Waals surface area contributed by atoms with Gasteiger partial charge in [-0.3, -0.25) is 4.79 Å². The van der Waals surface area contributed by atoms with Crippen molar-refractivity contribution in [3.05, 3.63) is 35.9 Å². The quantitative estimate of drug-likeness (QED) is 0.686. The number of benzene rings is 1. The highest BCUT2D eigenvalue weighted by Gasteiger charge is 2.46. The van der Waals surface area contributed by atoms with Crippen LogP contribution in [0.1, 0.15) is 12.0 Å². The first-order chi connectivity index (χ1) is 10.5. The van der Waals surface area contributed by atoms with Gasteiger partial charge in [0.1, 0.15) is 12.7 Å². The summed E-state index contributed by atoms with van der Waals surface area (Å²) in [5.41, 5.74) is 0.831. The number of esters is 1. The Labute approximate surface area is 127 Å². The van der Waals surface area contributed by atoms with Crippen LogP contribution in [0.15, 0.2) is 30.3 Å². The zero-order valence-electron chi connectivity index (χ0n) is 12.1. The molecule has 22 heavy (non-hydrogen) atoms. The first-order valence-electron chi connectivity index (χ1n) is 6.94. The molecule has 0 aromatic heterocycles. The van der Waals surface area contributed by atoms with E-state index in [-0.39, 0.29) is 13.0 Å². The summed E-state index contributed by atoms with van der Waals surface area (Å²) in [7, 11) is 1.20. The maximum atomic E-state index is 11.7. The van der Waals surface area contributed by atoms with E-state index >= 15 is 0 Å². The number of aliphatic hydroxyl groups excluding tert-OH is 2. The van der Waals surface area contributed by atoms with Crippen LogP contribution in [0.4, 0.5) is 4.79 Å². The Morgan fingerprint density at radius 3 is 2.55 bits per heavy atom. The maximum absolute atomic E-state index is 11.7. The van der Waals surface area contributed by atoms with Crippen LogP contribution in [0.3, 0.4) is 0 Å². The zero-order chi connectivity index (χ0) is 16.1. The summed E-state index contributed by atoms with van der Waals surface area (Å²) in [5, 5.41) is 22.1. The number of amides is 1. The third-order valence-electron chi connectivity index (χ3n) is 3.70. The Balaban J connectivity index is 1.85. The summed E-state index contributed by atoms with van der Waals surface area (Å²) in [4.78, 5) is 23.2. The number of aliphatic hydroxyl groups is 2. The van der Waals surface area contributed by atoms with Crippen molar-refractivity contribution in [2.24, 2.45) is 5.92 Å². The van der Waals surface area contributed by atoms with Gasteiger partial charge in [-0.1, -0.05) is 30.3 Å². The molecule has 4 atom stereocenters. The Morgan fingerprint density at radius 2 is 1.91 bits per heavy atom. The van der Waals surface area contributed by atoms with Crippen molar-refractivity contribution in [3.63, 3.8) is 0 Å². The number of nitrogens with one attached hydrogen (secondary N) is 1. The predicted molar refractivity (Wildman–Crippen MR) is 75.7 cm³/mol. The molecule has 7 nitrogen and oxygen atoms in total. The lowest BCUT2D eigenvalue weighted by atomic mass is 10.1. The average Bonchev–Trinajstić information content (AvgIpc) is 2.81. The molecule has 0 saturated heterocycles. The number of hydrogen-bond acceptors (Lipinski definition) is 6. The molecule has 0 aliphatic heterocycles. The second kappa shape index (κ2) is 7.24. The molecule has 0 bridgehead atoms. The van der Waals surface area contributed by atoms with Gasteiger partial charge in [0, 0.05) is 0 Å². The highest BCUT2D eigenvalue weighted by atomic mass is 16.5. The number of carbonyl (C=O) groups excluding carboxylic acids is 2. The highest BCUT2D eigenvalue weighted by molar-refractivity contribution is 5.74. The van der Waals surface area contributed by atoms with Crippen molar-refractivity contribution in [2.45, 2.75) is 31.3 Å². The fraction of sp³-hybridized carbons (Fsp3) is 0.467. The van der Waals surface area contributed by atoms with Gasteiger partial charge in [0.25, 0.3) is 0 Å². The summed E-state index contributed by atoms with van der Waals surface area (Å²) in [6.45, 7) is 0.0957. The van der Waals surface area contributed by atoms with Crippen molar-refractivity contribution >= 4 is 12.1 Å². The highest BCUT2D eigenvalue weighted by Crippen LogP contribution is 2.27. The topological polar surface area (TPSA) is 105 Å². The summed E-state index contributed by atoms with van der Waals surface area (Å²) in [5.74, 6) is -1.48. The largest absolute Gasteiger partial charge is 0.469 e. The minimum Gasteiger partial charge on any atom is -0.469 e. The monoisotopic (exact) mass is 309 g/mol. The maximum Gasteiger partial charge on any atom is 0.407 e. The number of carbonyl (C=O) groups is 2. The second-order valence-electron chi connectivity index (χ2n) is 5.16. The van der Waals surface area contributed by atoms with Crippen molar-refractivity contribution in [1.82, 2.24) is 5.32 Å². The lowest BCUT2D eigenvalue weighted by Crippen LogP contribution is -2.43. The summed E-state index contributed by atoms with van der Waals surface area (Å²) >= 11 is 0. The Kier molecular flexibility index (Phi) is 5.35. The third kappa shape index (κ3) is 3.75. The van der Waals surface area contributed by atoms with Gasteiger partial charge in [0.2, 0.25) is 0 Å². The summed E-state index contributed by atoms with van der Waals surface area (Å²) < 4.78 is 9.59. The van der Waals surface area contributed by atoms with Crippen molar-refractivity contribution < 1.29 is 29.3 Å². The van der Waals surface area contributed by atoms with Gasteiger partial charge in [-0.15, -0.1) is 0 Å². The summed E-state index contributed by atoms with van der Waals surface area (Å²) in [6.07, 6.45) is -3.14. The molecule has 1 aromatic carbocycles. The standard InChI is InChI=1S/C15H19NO6/c1-21-14(19)10-7-11(13(18)12(10)17)16-15(20)22-8-9-5-3-2-4-6-9/h2-6,10-13,17-18H,7-8H2,1H3,(H,16,20)/t10-,11+,12-,13+/m1/s1. The zero-order valence-corrected chi connectivity index (χ0v) is 12.1. The van der Waals surface area contributed by atoms with Crippen LogP contribution in [0.5, 0.6) is 0 Å². The second-order valence-corrected chi connectivity index (χ2v) is 5.16. The van der Waals surface area contributed by atoms with E-state index in [1.54, 1.807) is 0 Å². The third-order valence-corrected chi connectivity index (χ3v) is 3.70. The van der Waals surface area contributed by atoms with Gasteiger partial charge in [-0.05, 0) is 12.0 Å². The molecule has 120 valence electrons. The van der Waals surface area contributed by atoms with E-state index in [0.29, 0.717) is 0 Å². The van der Waals surface area contributed by atoms with E-state index in [1.807, 2.05) is 30.3 Å². The van der Waals surface area contributed by atoms with E-state index in [1.165, 1.54) is 7.11 Å². The van der Waals surface area contributed by atoms with Gasteiger partial charge in [-0.2, -0.15) is 0 Å². The van der Waals surface area contributed by atoms with Crippen molar-refractivity contribution in [1.29, 1.82) is 0 Å². The first kappa shape index (κ1) is 16.3. The van der Waals surface area contributed by atoms with Gasteiger partial charge < -0.3 is 25.0 Å². The number of ether oxygens (including phenoxy) is 2. The molecule has 2 rings (SSSR count). The number of methoxy groups -OCH3 is 1. The molecule has 0 spiro atoms. The SMILES string of the molecule is COC(=O)[C@@H]1C[C@H](NC(=O)OCc2ccccc2)[C@H](O)[C@@H]1O. The molecular weight excluding hydrogens is 290 g/mol. The van der Waals surface area contributed by atoms with Crippen LogP contribution in [0.2, 0.25) is 0 Å². The smallest absolute Gasteiger partial charge is 0.407 e. The lowest BCUT2D eigenvalue weighted by molar-refractivity contribution is -0.149. The molecule has 7 heteroatoms. The fourth-order valence-corrected chi connectivity index (χ4v) is 2.48. The van der Waals surface area contributed by atoms with Crippen LogP contribution >= 0.6 is 0 Å². The van der Waals surface area contributed by atoms with E-state index in [4.69, 9.17) is 4.74 Å². The molecule has 1 aliphatic carbocycles. The number of hydrogen-bond donors (Lipinski definition) is 3. The Hall–Kier alpha value is -2.12. The molecular formula is C15H19NO6. The lowest BCUT2D eigenvalue weighted by Gasteiger charge is -2.17. The molecule has 1 amide bonds. The average molecular weight is 309 g/mol. The van der Waals surface area contributed by atoms with Gasteiger partial charge in [-0.25, -0.2) is 4.79 Å². The van der Waals surface area contributed by atoms with Crippen LogP contribution in [0.25, 0.3) is 0 Å².